The summed E-state index contributed by atoms with van der Waals surface area (Å²) in [5.74, 6) is 2.32. The molecular formula is C16H26N2O2. The average Bonchev–Trinajstić information content (AvgIpc) is 2.46. The molecule has 2 atom stereocenters. The van der Waals surface area contributed by atoms with Crippen LogP contribution < -0.4 is 14.8 Å². The molecule has 20 heavy (non-hydrogen) atoms. The van der Waals surface area contributed by atoms with Crippen LogP contribution in [0.2, 0.25) is 0 Å². The zero-order chi connectivity index (χ0) is 14.5. The standard InChI is InChI=1S/C16H26N2O2/c1-12(13-6-5-7-18(2)11-13)17-14-8-15(19-3)10-16(9-14)20-4/h8-10,12-13,17H,5-7,11H2,1-4H3. The van der Waals surface area contributed by atoms with Crippen LogP contribution in [-0.2, 0) is 0 Å². The molecule has 112 valence electrons. The molecule has 0 radical (unpaired) electrons. The fraction of sp³-hybridized carbons (Fsp3) is 0.625. The Kier molecular flexibility index (Phi) is 5.12. The normalized spacial score (nSPS) is 21.3. The van der Waals surface area contributed by atoms with E-state index >= 15 is 0 Å². The number of piperidine rings is 1. The van der Waals surface area contributed by atoms with E-state index in [4.69, 9.17) is 9.47 Å². The van der Waals surface area contributed by atoms with Crippen LogP contribution in [0.1, 0.15) is 19.8 Å². The van der Waals surface area contributed by atoms with Crippen molar-refractivity contribution in [2.45, 2.75) is 25.8 Å². The van der Waals surface area contributed by atoms with Crippen LogP contribution in [-0.4, -0.2) is 45.3 Å². The Hall–Kier alpha value is -1.42. The zero-order valence-electron chi connectivity index (χ0n) is 13.0. The molecule has 4 heteroatoms. The third kappa shape index (κ3) is 3.79. The molecule has 1 heterocycles. The summed E-state index contributed by atoms with van der Waals surface area (Å²) in [7, 11) is 5.56. The summed E-state index contributed by atoms with van der Waals surface area (Å²) >= 11 is 0. The Morgan fingerprint density at radius 3 is 2.40 bits per heavy atom. The average molecular weight is 278 g/mol. The number of methoxy groups -OCH3 is 2. The van der Waals surface area contributed by atoms with Crippen LogP contribution in [0.15, 0.2) is 18.2 Å². The van der Waals surface area contributed by atoms with Crippen molar-refractivity contribution in [2.75, 3.05) is 39.7 Å². The summed E-state index contributed by atoms with van der Waals surface area (Å²) in [6, 6.07) is 6.37. The van der Waals surface area contributed by atoms with Crippen molar-refractivity contribution in [1.29, 1.82) is 0 Å². The second-order valence-corrected chi connectivity index (χ2v) is 5.70. The fourth-order valence-corrected chi connectivity index (χ4v) is 2.89. The molecule has 1 aliphatic rings. The Morgan fingerprint density at radius 1 is 1.20 bits per heavy atom. The van der Waals surface area contributed by atoms with Crippen molar-refractivity contribution in [3.05, 3.63) is 18.2 Å². The molecule has 2 rings (SSSR count). The van der Waals surface area contributed by atoms with Gasteiger partial charge in [0, 0.05) is 36.5 Å². The molecular weight excluding hydrogens is 252 g/mol. The molecule has 2 unspecified atom stereocenters. The lowest BCUT2D eigenvalue weighted by Crippen LogP contribution is -2.39. The van der Waals surface area contributed by atoms with E-state index in [1.807, 2.05) is 18.2 Å². The first kappa shape index (κ1) is 15.0. The summed E-state index contributed by atoms with van der Waals surface area (Å²) in [4.78, 5) is 2.42. The van der Waals surface area contributed by atoms with Crippen molar-refractivity contribution in [2.24, 2.45) is 5.92 Å². The predicted molar refractivity (Wildman–Crippen MR) is 82.9 cm³/mol. The number of hydrogen-bond donors (Lipinski definition) is 1. The number of likely N-dealkylation sites (tertiary alicyclic amines) is 1. The first-order valence-electron chi connectivity index (χ1n) is 7.30. The highest BCUT2D eigenvalue weighted by molar-refractivity contribution is 5.54. The maximum atomic E-state index is 5.31. The number of nitrogens with one attached hydrogen (secondary N) is 1. The van der Waals surface area contributed by atoms with Gasteiger partial charge in [-0.15, -0.1) is 0 Å². The number of nitrogens with zero attached hydrogens (tertiary/aromatic N) is 1. The van der Waals surface area contributed by atoms with Crippen molar-refractivity contribution >= 4 is 5.69 Å². The van der Waals surface area contributed by atoms with E-state index in [1.165, 1.54) is 19.4 Å². The summed E-state index contributed by atoms with van der Waals surface area (Å²) in [6.45, 7) is 4.64. The topological polar surface area (TPSA) is 33.7 Å². The molecule has 0 saturated carbocycles. The van der Waals surface area contributed by atoms with Crippen molar-refractivity contribution in [1.82, 2.24) is 4.90 Å². The summed E-state index contributed by atoms with van der Waals surface area (Å²) < 4.78 is 10.6. The summed E-state index contributed by atoms with van der Waals surface area (Å²) in [5.41, 5.74) is 1.06. The van der Waals surface area contributed by atoms with Crippen LogP contribution in [0.3, 0.4) is 0 Å². The molecule has 1 N–H and O–H groups in total. The van der Waals surface area contributed by atoms with Gasteiger partial charge in [0.15, 0.2) is 0 Å². The van der Waals surface area contributed by atoms with Crippen LogP contribution in [0.4, 0.5) is 5.69 Å². The van der Waals surface area contributed by atoms with Gasteiger partial charge in [0.2, 0.25) is 0 Å². The maximum Gasteiger partial charge on any atom is 0.124 e. The highest BCUT2D eigenvalue weighted by atomic mass is 16.5. The molecule has 1 saturated heterocycles. The van der Waals surface area contributed by atoms with Crippen LogP contribution in [0.25, 0.3) is 0 Å². The molecule has 0 aliphatic carbocycles. The van der Waals surface area contributed by atoms with Gasteiger partial charge >= 0.3 is 0 Å². The fourth-order valence-electron chi connectivity index (χ4n) is 2.89. The number of hydrogen-bond acceptors (Lipinski definition) is 4. The van der Waals surface area contributed by atoms with E-state index < -0.39 is 0 Å². The van der Waals surface area contributed by atoms with Crippen LogP contribution >= 0.6 is 0 Å². The van der Waals surface area contributed by atoms with Gasteiger partial charge in [-0.05, 0) is 39.3 Å². The highest BCUT2D eigenvalue weighted by Crippen LogP contribution is 2.28. The molecule has 0 spiro atoms. The summed E-state index contributed by atoms with van der Waals surface area (Å²) in [6.07, 6.45) is 2.58. The number of ether oxygens (including phenoxy) is 2. The number of anilines is 1. The molecule has 0 aromatic heterocycles. The third-order valence-electron chi connectivity index (χ3n) is 4.11. The summed E-state index contributed by atoms with van der Waals surface area (Å²) in [5, 5.41) is 3.59. The van der Waals surface area contributed by atoms with E-state index in [0.717, 1.165) is 23.7 Å². The first-order chi connectivity index (χ1) is 9.62. The number of rotatable bonds is 5. The molecule has 4 nitrogen and oxygen atoms in total. The lowest BCUT2D eigenvalue weighted by Gasteiger charge is -2.34. The van der Waals surface area contributed by atoms with Crippen molar-refractivity contribution in [3.63, 3.8) is 0 Å². The molecule has 0 amide bonds. The van der Waals surface area contributed by atoms with Gasteiger partial charge in [0.1, 0.15) is 11.5 Å². The Balaban J connectivity index is 2.04. The Morgan fingerprint density at radius 2 is 1.85 bits per heavy atom. The lowest BCUT2D eigenvalue weighted by atomic mass is 9.92. The monoisotopic (exact) mass is 278 g/mol. The largest absolute Gasteiger partial charge is 0.497 e. The van der Waals surface area contributed by atoms with Gasteiger partial charge in [-0.25, -0.2) is 0 Å². The second kappa shape index (κ2) is 6.84. The molecule has 1 aromatic carbocycles. The number of benzene rings is 1. The van der Waals surface area contributed by atoms with Gasteiger partial charge in [0.05, 0.1) is 14.2 Å². The van der Waals surface area contributed by atoms with Crippen LogP contribution in [0, 0.1) is 5.92 Å². The first-order valence-corrected chi connectivity index (χ1v) is 7.30. The molecule has 0 bridgehead atoms. The van der Waals surface area contributed by atoms with E-state index in [-0.39, 0.29) is 0 Å². The van der Waals surface area contributed by atoms with Gasteiger partial charge in [-0.3, -0.25) is 0 Å². The molecule has 1 fully saturated rings. The van der Waals surface area contributed by atoms with E-state index in [9.17, 15) is 0 Å². The Bertz CT molecular complexity index is 414. The maximum absolute atomic E-state index is 5.31. The van der Waals surface area contributed by atoms with Crippen molar-refractivity contribution in [3.8, 4) is 11.5 Å². The van der Waals surface area contributed by atoms with Crippen molar-refractivity contribution < 1.29 is 9.47 Å². The SMILES string of the molecule is COc1cc(NC(C)C2CCCN(C)C2)cc(OC)c1. The zero-order valence-corrected chi connectivity index (χ0v) is 13.0. The molecule has 1 aliphatic heterocycles. The third-order valence-corrected chi connectivity index (χ3v) is 4.11. The van der Waals surface area contributed by atoms with Crippen LogP contribution in [0.5, 0.6) is 11.5 Å². The molecule has 1 aromatic rings. The van der Waals surface area contributed by atoms with Gasteiger partial charge in [-0.1, -0.05) is 0 Å². The minimum absolute atomic E-state index is 0.439. The second-order valence-electron chi connectivity index (χ2n) is 5.70. The van der Waals surface area contributed by atoms with Gasteiger partial charge < -0.3 is 19.7 Å². The lowest BCUT2D eigenvalue weighted by molar-refractivity contribution is 0.197. The highest BCUT2D eigenvalue weighted by Gasteiger charge is 2.22. The minimum Gasteiger partial charge on any atom is -0.497 e. The van der Waals surface area contributed by atoms with E-state index in [1.54, 1.807) is 14.2 Å². The predicted octanol–water partition coefficient (Wildman–Crippen LogP) is 2.85. The smallest absolute Gasteiger partial charge is 0.124 e. The minimum atomic E-state index is 0.439. The van der Waals surface area contributed by atoms with E-state index in [2.05, 4.69) is 24.2 Å². The quantitative estimate of drug-likeness (QED) is 0.898. The van der Waals surface area contributed by atoms with Gasteiger partial charge in [0.25, 0.3) is 0 Å². The Labute approximate surface area is 122 Å². The van der Waals surface area contributed by atoms with E-state index in [0.29, 0.717) is 12.0 Å². The van der Waals surface area contributed by atoms with Gasteiger partial charge in [-0.2, -0.15) is 0 Å².